The van der Waals surface area contributed by atoms with Crippen LogP contribution in [0, 0.1) is 0 Å². The van der Waals surface area contributed by atoms with E-state index in [9.17, 15) is 4.79 Å². The molecule has 1 aromatic carbocycles. The van der Waals surface area contributed by atoms with Gasteiger partial charge in [-0.3, -0.25) is 4.79 Å². The minimum Gasteiger partial charge on any atom is -0.323 e. The molecule has 0 fully saturated rings. The Labute approximate surface area is 110 Å². The van der Waals surface area contributed by atoms with E-state index in [1.807, 2.05) is 12.1 Å². The lowest BCUT2D eigenvalue weighted by atomic mass is 10.2. The molecule has 1 aromatic heterocycles. The van der Waals surface area contributed by atoms with Crippen LogP contribution in [0.3, 0.4) is 0 Å². The third-order valence-corrected chi connectivity index (χ3v) is 2.52. The lowest BCUT2D eigenvalue weighted by Crippen LogP contribution is -2.35. The van der Waals surface area contributed by atoms with Crippen molar-refractivity contribution >= 4 is 11.6 Å². The van der Waals surface area contributed by atoms with Gasteiger partial charge in [-0.05, 0) is 29.0 Å². The highest BCUT2D eigenvalue weighted by atomic mass is 16.2. The minimum absolute atomic E-state index is 0.277. The molecular weight excluding hydrogens is 244 g/mol. The van der Waals surface area contributed by atoms with Crippen LogP contribution in [0.15, 0.2) is 43.2 Å². The third kappa shape index (κ3) is 3.02. The third-order valence-electron chi connectivity index (χ3n) is 2.52. The number of nitrogens with two attached hydrogens (primary N) is 1. The van der Waals surface area contributed by atoms with E-state index < -0.39 is 6.04 Å². The molecule has 0 aliphatic rings. The summed E-state index contributed by atoms with van der Waals surface area (Å²) < 4.78 is 1.47. The van der Waals surface area contributed by atoms with Gasteiger partial charge in [0.25, 0.3) is 0 Å². The molecule has 2 rings (SSSR count). The summed E-state index contributed by atoms with van der Waals surface area (Å²) in [6.45, 7) is 3.56. The Balaban J connectivity index is 2.21. The van der Waals surface area contributed by atoms with Crippen molar-refractivity contribution in [3.8, 4) is 5.69 Å². The molecule has 0 saturated carbocycles. The largest absolute Gasteiger partial charge is 0.323 e. The number of nitrogens with zero attached hydrogens (tertiary/aromatic N) is 4. The standard InChI is InChI=1S/C12H14N6O/c1-2-5-9(13)12(19)15-10-6-3-4-7-11(10)18-8-14-16-17-18/h2-4,6-9H,1,5,13H2,(H,15,19). The van der Waals surface area contributed by atoms with Gasteiger partial charge in [0.15, 0.2) is 0 Å². The number of carbonyl (C=O) groups is 1. The van der Waals surface area contributed by atoms with Crippen molar-refractivity contribution in [2.75, 3.05) is 5.32 Å². The van der Waals surface area contributed by atoms with Crippen LogP contribution in [0.1, 0.15) is 6.42 Å². The van der Waals surface area contributed by atoms with Crippen LogP contribution in [-0.4, -0.2) is 32.2 Å². The number of amides is 1. The molecule has 0 aliphatic carbocycles. The van der Waals surface area contributed by atoms with Crippen LogP contribution < -0.4 is 11.1 Å². The summed E-state index contributed by atoms with van der Waals surface area (Å²) in [6.07, 6.45) is 3.48. The second-order valence-electron chi connectivity index (χ2n) is 3.89. The summed E-state index contributed by atoms with van der Waals surface area (Å²) in [5.74, 6) is -0.277. The number of carbonyl (C=O) groups excluding carboxylic acids is 1. The van der Waals surface area contributed by atoms with Gasteiger partial charge in [0.2, 0.25) is 5.91 Å². The normalized spacial score (nSPS) is 11.8. The fourth-order valence-corrected chi connectivity index (χ4v) is 1.56. The predicted molar refractivity (Wildman–Crippen MR) is 70.6 cm³/mol. The molecule has 2 aromatic rings. The highest BCUT2D eigenvalue weighted by molar-refractivity contribution is 5.96. The van der Waals surface area contributed by atoms with Gasteiger partial charge in [0, 0.05) is 0 Å². The van der Waals surface area contributed by atoms with Gasteiger partial charge in [-0.2, -0.15) is 4.68 Å². The molecule has 1 amide bonds. The van der Waals surface area contributed by atoms with Crippen LogP contribution in [0.25, 0.3) is 5.69 Å². The number of para-hydroxylation sites is 2. The van der Waals surface area contributed by atoms with E-state index >= 15 is 0 Å². The van der Waals surface area contributed by atoms with Gasteiger partial charge in [0.05, 0.1) is 17.4 Å². The number of hydrogen-bond acceptors (Lipinski definition) is 5. The number of hydrogen-bond donors (Lipinski definition) is 2. The van der Waals surface area contributed by atoms with Gasteiger partial charge in [-0.25, -0.2) is 0 Å². The number of benzene rings is 1. The Hall–Kier alpha value is -2.54. The number of aromatic nitrogens is 4. The van der Waals surface area contributed by atoms with E-state index in [2.05, 4.69) is 27.4 Å². The number of anilines is 1. The molecule has 1 unspecified atom stereocenters. The summed E-state index contributed by atoms with van der Waals surface area (Å²) in [5, 5.41) is 13.7. The fraction of sp³-hybridized carbons (Fsp3) is 0.167. The Morgan fingerprint density at radius 1 is 1.53 bits per heavy atom. The summed E-state index contributed by atoms with van der Waals surface area (Å²) in [7, 11) is 0. The van der Waals surface area contributed by atoms with Gasteiger partial charge in [-0.1, -0.05) is 18.2 Å². The van der Waals surface area contributed by atoms with Crippen molar-refractivity contribution < 1.29 is 4.79 Å². The molecule has 98 valence electrons. The summed E-state index contributed by atoms with van der Waals surface area (Å²) in [5.41, 5.74) is 6.98. The second-order valence-corrected chi connectivity index (χ2v) is 3.89. The second kappa shape index (κ2) is 5.87. The van der Waals surface area contributed by atoms with E-state index in [4.69, 9.17) is 5.73 Å². The molecule has 1 heterocycles. The predicted octanol–water partition coefficient (Wildman–Crippen LogP) is 0.504. The molecule has 0 aliphatic heterocycles. The Kier molecular flexibility index (Phi) is 3.99. The van der Waals surface area contributed by atoms with E-state index in [1.165, 1.54) is 11.0 Å². The first kappa shape index (κ1) is 12.9. The summed E-state index contributed by atoms with van der Waals surface area (Å²) in [6, 6.07) is 6.57. The first-order chi connectivity index (χ1) is 9.22. The molecule has 19 heavy (non-hydrogen) atoms. The smallest absolute Gasteiger partial charge is 0.241 e. The van der Waals surface area contributed by atoms with Crippen LogP contribution in [-0.2, 0) is 4.79 Å². The molecule has 7 nitrogen and oxygen atoms in total. The van der Waals surface area contributed by atoms with E-state index in [-0.39, 0.29) is 5.91 Å². The van der Waals surface area contributed by atoms with Crippen LogP contribution in [0.5, 0.6) is 0 Å². The molecule has 7 heteroatoms. The number of nitrogens with one attached hydrogen (secondary N) is 1. The van der Waals surface area contributed by atoms with Crippen molar-refractivity contribution in [2.24, 2.45) is 5.73 Å². The summed E-state index contributed by atoms with van der Waals surface area (Å²) in [4.78, 5) is 11.9. The maximum Gasteiger partial charge on any atom is 0.241 e. The van der Waals surface area contributed by atoms with Crippen LogP contribution in [0.4, 0.5) is 5.69 Å². The molecule has 0 bridgehead atoms. The van der Waals surface area contributed by atoms with Gasteiger partial charge in [0.1, 0.15) is 6.33 Å². The molecular formula is C12H14N6O. The van der Waals surface area contributed by atoms with Crippen LogP contribution >= 0.6 is 0 Å². The molecule has 1 atom stereocenters. The number of rotatable bonds is 5. The van der Waals surface area contributed by atoms with Crippen molar-refractivity contribution in [1.29, 1.82) is 0 Å². The van der Waals surface area contributed by atoms with Crippen molar-refractivity contribution in [3.05, 3.63) is 43.2 Å². The zero-order chi connectivity index (χ0) is 13.7. The van der Waals surface area contributed by atoms with Crippen molar-refractivity contribution in [2.45, 2.75) is 12.5 Å². The minimum atomic E-state index is -0.626. The highest BCUT2D eigenvalue weighted by Gasteiger charge is 2.14. The topological polar surface area (TPSA) is 98.7 Å². The Bertz CT molecular complexity index is 565. The van der Waals surface area contributed by atoms with E-state index in [0.29, 0.717) is 17.8 Å². The zero-order valence-corrected chi connectivity index (χ0v) is 10.2. The molecule has 0 radical (unpaired) electrons. The molecule has 3 N–H and O–H groups in total. The summed E-state index contributed by atoms with van der Waals surface area (Å²) >= 11 is 0. The van der Waals surface area contributed by atoms with Gasteiger partial charge < -0.3 is 11.1 Å². The zero-order valence-electron chi connectivity index (χ0n) is 10.2. The lowest BCUT2D eigenvalue weighted by Gasteiger charge is -2.13. The SMILES string of the molecule is C=CCC(N)C(=O)Nc1ccccc1-n1cnnn1. The van der Waals surface area contributed by atoms with E-state index in [0.717, 1.165) is 0 Å². The average Bonchev–Trinajstić information content (AvgIpc) is 2.93. The molecule has 0 saturated heterocycles. The lowest BCUT2D eigenvalue weighted by molar-refractivity contribution is -0.117. The first-order valence-electron chi connectivity index (χ1n) is 5.72. The Morgan fingerprint density at radius 3 is 3.00 bits per heavy atom. The maximum atomic E-state index is 11.9. The monoisotopic (exact) mass is 258 g/mol. The quantitative estimate of drug-likeness (QED) is 0.761. The average molecular weight is 258 g/mol. The van der Waals surface area contributed by atoms with Gasteiger partial charge in [-0.15, -0.1) is 11.7 Å². The van der Waals surface area contributed by atoms with Crippen LogP contribution in [0.2, 0.25) is 0 Å². The fourth-order valence-electron chi connectivity index (χ4n) is 1.56. The highest BCUT2D eigenvalue weighted by Crippen LogP contribution is 2.18. The first-order valence-corrected chi connectivity index (χ1v) is 5.72. The molecule has 0 spiro atoms. The number of tetrazole rings is 1. The van der Waals surface area contributed by atoms with Gasteiger partial charge >= 0.3 is 0 Å². The van der Waals surface area contributed by atoms with Crippen molar-refractivity contribution in [1.82, 2.24) is 20.2 Å². The van der Waals surface area contributed by atoms with Crippen molar-refractivity contribution in [3.63, 3.8) is 0 Å². The van der Waals surface area contributed by atoms with E-state index in [1.54, 1.807) is 18.2 Å². The maximum absolute atomic E-state index is 11.9. The Morgan fingerprint density at radius 2 is 2.32 bits per heavy atom.